The number of thioether (sulfide) groups is 1. The molecule has 12 heteroatoms. The summed E-state index contributed by atoms with van der Waals surface area (Å²) in [5, 5.41) is 16.5. The fourth-order valence-electron chi connectivity index (χ4n) is 2.10. The molecule has 2 aromatic heterocycles. The molecule has 3 aromatic rings. The van der Waals surface area contributed by atoms with Crippen LogP contribution in [0.25, 0.3) is 10.2 Å². The van der Waals surface area contributed by atoms with E-state index in [1.165, 1.54) is 41.6 Å². The Bertz CT molecular complexity index is 1060. The monoisotopic (exact) mass is 438 g/mol. The zero-order valence-electron chi connectivity index (χ0n) is 14.0. The molecule has 2 heterocycles. The normalized spacial score (nSPS) is 10.6. The zero-order chi connectivity index (χ0) is 20.1. The van der Waals surface area contributed by atoms with Gasteiger partial charge in [0.05, 0.1) is 21.4 Å². The van der Waals surface area contributed by atoms with Crippen LogP contribution < -0.4 is 5.32 Å². The van der Waals surface area contributed by atoms with Crippen LogP contribution in [0.15, 0.2) is 41.0 Å². The number of amides is 1. The van der Waals surface area contributed by atoms with Crippen molar-refractivity contribution < 1.29 is 19.2 Å². The van der Waals surface area contributed by atoms with Crippen molar-refractivity contribution in [3.8, 4) is 0 Å². The number of anilines is 1. The van der Waals surface area contributed by atoms with Crippen LogP contribution in [-0.4, -0.2) is 39.1 Å². The quantitative estimate of drug-likeness (QED) is 0.195. The Hall–Kier alpha value is -2.76. The lowest BCUT2D eigenvalue weighted by molar-refractivity contribution is -0.384. The Balaban J connectivity index is 1.48. The Kier molecular flexibility index (Phi) is 6.39. The van der Waals surface area contributed by atoms with Gasteiger partial charge < -0.3 is 10.1 Å². The summed E-state index contributed by atoms with van der Waals surface area (Å²) in [6, 6.07) is 5.50. The first kappa shape index (κ1) is 20.0. The van der Waals surface area contributed by atoms with Gasteiger partial charge in [0.2, 0.25) is 0 Å². The molecule has 144 valence electrons. The minimum atomic E-state index is -0.614. The second-order valence-corrected chi connectivity index (χ2v) is 7.50. The summed E-state index contributed by atoms with van der Waals surface area (Å²) in [6.45, 7) is -0.510. The van der Waals surface area contributed by atoms with E-state index < -0.39 is 23.4 Å². The van der Waals surface area contributed by atoms with Gasteiger partial charge in [-0.05, 0) is 17.5 Å². The van der Waals surface area contributed by atoms with Crippen molar-refractivity contribution >= 4 is 68.2 Å². The lowest BCUT2D eigenvalue weighted by atomic mass is 10.3. The number of hydrogen-bond acceptors (Lipinski definition) is 9. The maximum absolute atomic E-state index is 11.9. The van der Waals surface area contributed by atoms with Gasteiger partial charge in [0.15, 0.2) is 6.61 Å². The lowest BCUT2D eigenvalue weighted by Gasteiger charge is -2.08. The van der Waals surface area contributed by atoms with Gasteiger partial charge in [0, 0.05) is 17.5 Å². The minimum absolute atomic E-state index is 0.00738. The van der Waals surface area contributed by atoms with Crippen LogP contribution in [-0.2, 0) is 14.3 Å². The van der Waals surface area contributed by atoms with Gasteiger partial charge in [-0.1, -0.05) is 23.4 Å². The van der Waals surface area contributed by atoms with Crippen LogP contribution in [0.5, 0.6) is 0 Å². The van der Waals surface area contributed by atoms with Gasteiger partial charge in [-0.25, -0.2) is 9.97 Å². The van der Waals surface area contributed by atoms with Crippen LogP contribution in [0.2, 0.25) is 5.02 Å². The van der Waals surface area contributed by atoms with E-state index in [-0.39, 0.29) is 22.2 Å². The molecule has 3 rings (SSSR count). The molecule has 0 aliphatic carbocycles. The molecular formula is C16H11ClN4O5S2. The minimum Gasteiger partial charge on any atom is -0.455 e. The molecule has 0 aliphatic rings. The third-order valence-corrected chi connectivity index (χ3v) is 5.47. The molecule has 28 heavy (non-hydrogen) atoms. The number of nitro groups is 1. The Morgan fingerprint density at radius 1 is 1.32 bits per heavy atom. The summed E-state index contributed by atoms with van der Waals surface area (Å²) in [5.74, 6) is -1.22. The molecular weight excluding hydrogens is 428 g/mol. The first-order valence-electron chi connectivity index (χ1n) is 7.64. The Labute approximate surface area is 171 Å². The van der Waals surface area contributed by atoms with Crippen LogP contribution in [0.4, 0.5) is 11.4 Å². The summed E-state index contributed by atoms with van der Waals surface area (Å²) < 4.78 is 4.93. The number of carbonyl (C=O) groups excluding carboxylic acids is 2. The molecule has 1 N–H and O–H groups in total. The van der Waals surface area contributed by atoms with Gasteiger partial charge >= 0.3 is 5.97 Å². The third-order valence-electron chi connectivity index (χ3n) is 3.35. The van der Waals surface area contributed by atoms with Crippen LogP contribution >= 0.6 is 34.7 Å². The summed E-state index contributed by atoms with van der Waals surface area (Å²) in [7, 11) is 0. The number of non-ortho nitro benzene ring substituents is 1. The van der Waals surface area contributed by atoms with Crippen molar-refractivity contribution in [2.45, 2.75) is 5.03 Å². The van der Waals surface area contributed by atoms with E-state index in [0.29, 0.717) is 5.03 Å². The van der Waals surface area contributed by atoms with E-state index in [0.717, 1.165) is 16.3 Å². The molecule has 9 nitrogen and oxygen atoms in total. The molecule has 0 aliphatic heterocycles. The van der Waals surface area contributed by atoms with Crippen molar-refractivity contribution in [1.29, 1.82) is 0 Å². The van der Waals surface area contributed by atoms with E-state index in [9.17, 15) is 19.7 Å². The number of nitrogens with one attached hydrogen (secondary N) is 1. The van der Waals surface area contributed by atoms with E-state index in [1.807, 2.05) is 11.4 Å². The zero-order valence-corrected chi connectivity index (χ0v) is 16.3. The number of carbonyl (C=O) groups is 2. The molecule has 0 atom stereocenters. The van der Waals surface area contributed by atoms with E-state index in [1.54, 1.807) is 0 Å². The average Bonchev–Trinajstić information content (AvgIpc) is 3.15. The van der Waals surface area contributed by atoms with Crippen LogP contribution in [0.1, 0.15) is 0 Å². The van der Waals surface area contributed by atoms with E-state index >= 15 is 0 Å². The van der Waals surface area contributed by atoms with Gasteiger partial charge in [0.25, 0.3) is 11.6 Å². The molecule has 0 radical (unpaired) electrons. The molecule has 0 saturated carbocycles. The summed E-state index contributed by atoms with van der Waals surface area (Å²) in [6.07, 6.45) is 1.42. The number of esters is 1. The molecule has 0 spiro atoms. The fourth-order valence-corrected chi connectivity index (χ4v) is 3.90. The third kappa shape index (κ3) is 4.94. The summed E-state index contributed by atoms with van der Waals surface area (Å²) in [4.78, 5) is 42.9. The fraction of sp³-hybridized carbons (Fsp3) is 0.125. The summed E-state index contributed by atoms with van der Waals surface area (Å²) in [5.41, 5.74) is -0.0144. The van der Waals surface area contributed by atoms with Gasteiger partial charge in [0.1, 0.15) is 16.2 Å². The highest BCUT2D eigenvalue weighted by molar-refractivity contribution is 8.00. The number of rotatable bonds is 7. The number of ether oxygens (including phenoxy) is 1. The first-order chi connectivity index (χ1) is 13.4. The largest absolute Gasteiger partial charge is 0.455 e. The van der Waals surface area contributed by atoms with Crippen LogP contribution in [0, 0.1) is 10.1 Å². The number of hydrogen-bond donors (Lipinski definition) is 1. The number of aromatic nitrogens is 2. The summed E-state index contributed by atoms with van der Waals surface area (Å²) >= 11 is 8.56. The predicted molar refractivity (Wildman–Crippen MR) is 106 cm³/mol. The van der Waals surface area contributed by atoms with Crippen molar-refractivity contribution in [1.82, 2.24) is 9.97 Å². The highest BCUT2D eigenvalue weighted by atomic mass is 35.5. The Morgan fingerprint density at radius 3 is 2.89 bits per heavy atom. The molecule has 0 bridgehead atoms. The molecule has 0 unspecified atom stereocenters. The number of fused-ring (bicyclic) bond motifs is 1. The maximum atomic E-state index is 11.9. The Morgan fingerprint density at radius 2 is 2.14 bits per heavy atom. The second-order valence-electron chi connectivity index (χ2n) is 5.24. The van der Waals surface area contributed by atoms with Crippen molar-refractivity contribution in [2.75, 3.05) is 17.7 Å². The topological polar surface area (TPSA) is 124 Å². The molecule has 0 saturated heterocycles. The standard InChI is InChI=1S/C16H11ClN4O5S2/c17-11-5-9(21(24)25)1-2-12(11)20-13(22)6-26-14(23)7-28-16-10-3-4-27-15(10)18-8-19-16/h1-5,8H,6-7H2,(H,20,22). The molecule has 0 fully saturated rings. The van der Waals surface area contributed by atoms with Gasteiger partial charge in [-0.2, -0.15) is 0 Å². The predicted octanol–water partition coefficient (Wildman–Crippen LogP) is 3.53. The molecule has 1 aromatic carbocycles. The first-order valence-corrected chi connectivity index (χ1v) is 9.89. The second kappa shape index (κ2) is 8.95. The highest BCUT2D eigenvalue weighted by Gasteiger charge is 2.14. The van der Waals surface area contributed by atoms with Crippen LogP contribution in [0.3, 0.4) is 0 Å². The van der Waals surface area contributed by atoms with Crippen molar-refractivity contribution in [3.63, 3.8) is 0 Å². The SMILES string of the molecule is O=C(COC(=O)CSc1ncnc2sccc12)Nc1ccc([N+](=O)[O-])cc1Cl. The number of thiophene rings is 1. The maximum Gasteiger partial charge on any atom is 0.316 e. The van der Waals surface area contributed by atoms with Crippen molar-refractivity contribution in [2.24, 2.45) is 0 Å². The lowest BCUT2D eigenvalue weighted by Crippen LogP contribution is -2.21. The van der Waals surface area contributed by atoms with Crippen molar-refractivity contribution in [3.05, 3.63) is 51.1 Å². The molecule has 1 amide bonds. The number of nitrogens with zero attached hydrogens (tertiary/aromatic N) is 3. The smallest absolute Gasteiger partial charge is 0.316 e. The average molecular weight is 439 g/mol. The van der Waals surface area contributed by atoms with Gasteiger partial charge in [-0.15, -0.1) is 11.3 Å². The number of nitro benzene ring substituents is 1. The number of benzene rings is 1. The van der Waals surface area contributed by atoms with E-state index in [4.69, 9.17) is 16.3 Å². The van der Waals surface area contributed by atoms with E-state index in [2.05, 4.69) is 15.3 Å². The number of halogens is 1. The highest BCUT2D eigenvalue weighted by Crippen LogP contribution is 2.28. The van der Waals surface area contributed by atoms with Gasteiger partial charge in [-0.3, -0.25) is 19.7 Å².